The molecule has 1 aromatic heterocycles. The Morgan fingerprint density at radius 2 is 2.00 bits per heavy atom. The number of methoxy groups -OCH3 is 1. The Balaban J connectivity index is 2.90. The molecule has 0 aromatic carbocycles. The van der Waals surface area contributed by atoms with E-state index in [1.807, 2.05) is 20.8 Å². The molecule has 0 aliphatic rings. The molecule has 2 N–H and O–H groups in total. The van der Waals surface area contributed by atoms with E-state index in [0.29, 0.717) is 5.76 Å². The maximum absolute atomic E-state index is 12.0. The minimum Gasteiger partial charge on any atom is -0.479 e. The number of carbonyl (C=O) groups excluding carboxylic acids is 1. The summed E-state index contributed by atoms with van der Waals surface area (Å²) in [4.78, 5) is 23.2. The van der Waals surface area contributed by atoms with Gasteiger partial charge in [0.1, 0.15) is 5.76 Å². The van der Waals surface area contributed by atoms with Crippen LogP contribution in [0.5, 0.6) is 0 Å². The number of rotatable bonds is 5. The van der Waals surface area contributed by atoms with E-state index in [4.69, 9.17) is 14.4 Å². The fraction of sp³-hybridized carbons (Fsp3) is 0.615. The molecule has 0 radical (unpaired) electrons. The first-order chi connectivity index (χ1) is 9.10. The summed E-state index contributed by atoms with van der Waals surface area (Å²) >= 11 is 0. The molecule has 20 heavy (non-hydrogen) atoms. The molecule has 0 spiro atoms. The quantitative estimate of drug-likeness (QED) is 0.842. The van der Waals surface area contributed by atoms with Crippen molar-refractivity contribution in [2.45, 2.75) is 38.6 Å². The number of nitrogens with zero attached hydrogens (tertiary/aromatic N) is 1. The molecule has 0 saturated heterocycles. The highest BCUT2D eigenvalue weighted by Gasteiger charge is 2.36. The summed E-state index contributed by atoms with van der Waals surface area (Å²) in [5.74, 6) is -1.26. The van der Waals surface area contributed by atoms with Crippen molar-refractivity contribution in [3.05, 3.63) is 17.5 Å². The van der Waals surface area contributed by atoms with E-state index in [-0.39, 0.29) is 17.7 Å². The van der Waals surface area contributed by atoms with Crippen LogP contribution in [-0.2, 0) is 14.9 Å². The van der Waals surface area contributed by atoms with Crippen molar-refractivity contribution >= 4 is 11.9 Å². The van der Waals surface area contributed by atoms with Crippen molar-refractivity contribution in [3.63, 3.8) is 0 Å². The van der Waals surface area contributed by atoms with Gasteiger partial charge in [-0.3, -0.25) is 4.79 Å². The van der Waals surface area contributed by atoms with Gasteiger partial charge in [-0.2, -0.15) is 0 Å². The maximum Gasteiger partial charge on any atom is 0.331 e. The van der Waals surface area contributed by atoms with Gasteiger partial charge in [0.15, 0.2) is 11.2 Å². The predicted octanol–water partition coefficient (Wildman–Crippen LogP) is 1.19. The molecule has 1 atom stereocenters. The van der Waals surface area contributed by atoms with Crippen LogP contribution in [0.4, 0.5) is 0 Å². The van der Waals surface area contributed by atoms with E-state index in [1.165, 1.54) is 20.1 Å². The summed E-state index contributed by atoms with van der Waals surface area (Å²) in [6.07, 6.45) is 0. The lowest BCUT2D eigenvalue weighted by Crippen LogP contribution is -2.55. The van der Waals surface area contributed by atoms with Crippen LogP contribution in [-0.4, -0.2) is 41.4 Å². The molecule has 0 saturated carbocycles. The SMILES string of the molecule is COCC(C)(NC(=O)c1cc(C(C)(C)C)on1)C(=O)O. The number of aromatic nitrogens is 1. The molecule has 0 bridgehead atoms. The largest absolute Gasteiger partial charge is 0.479 e. The molecule has 1 aromatic rings. The third kappa shape index (κ3) is 3.57. The molecular formula is C13H20N2O5. The van der Waals surface area contributed by atoms with Crippen molar-refractivity contribution in [1.82, 2.24) is 10.5 Å². The van der Waals surface area contributed by atoms with E-state index >= 15 is 0 Å². The zero-order valence-electron chi connectivity index (χ0n) is 12.3. The lowest BCUT2D eigenvalue weighted by molar-refractivity contribution is -0.145. The number of amides is 1. The minimum absolute atomic E-state index is 0.0403. The molecule has 7 heteroatoms. The van der Waals surface area contributed by atoms with E-state index < -0.39 is 17.4 Å². The number of ether oxygens (including phenoxy) is 1. The van der Waals surface area contributed by atoms with Gasteiger partial charge >= 0.3 is 5.97 Å². The summed E-state index contributed by atoms with van der Waals surface area (Å²) in [5, 5.41) is 15.2. The summed E-state index contributed by atoms with van der Waals surface area (Å²) in [7, 11) is 1.36. The van der Waals surface area contributed by atoms with Gasteiger partial charge in [0.2, 0.25) is 0 Å². The van der Waals surface area contributed by atoms with Crippen molar-refractivity contribution in [2.24, 2.45) is 0 Å². The maximum atomic E-state index is 12.0. The number of aliphatic carboxylic acids is 1. The lowest BCUT2D eigenvalue weighted by Gasteiger charge is -2.24. The second-order valence-corrected chi connectivity index (χ2v) is 5.85. The first-order valence-electron chi connectivity index (χ1n) is 6.12. The topological polar surface area (TPSA) is 102 Å². The van der Waals surface area contributed by atoms with Crippen LogP contribution in [0.25, 0.3) is 0 Å². The number of carboxylic acids is 1. The summed E-state index contributed by atoms with van der Waals surface area (Å²) in [6.45, 7) is 6.96. The Labute approximate surface area is 117 Å². The van der Waals surface area contributed by atoms with Crippen LogP contribution in [0, 0.1) is 0 Å². The van der Waals surface area contributed by atoms with Crippen LogP contribution in [0.3, 0.4) is 0 Å². The Morgan fingerprint density at radius 3 is 2.40 bits per heavy atom. The molecule has 112 valence electrons. The first kappa shape index (κ1) is 16.2. The zero-order valence-corrected chi connectivity index (χ0v) is 12.3. The number of nitrogens with one attached hydrogen (secondary N) is 1. The number of hydrogen-bond acceptors (Lipinski definition) is 5. The fourth-order valence-electron chi connectivity index (χ4n) is 1.49. The Kier molecular flexibility index (Phi) is 4.54. The van der Waals surface area contributed by atoms with E-state index in [0.717, 1.165) is 0 Å². The van der Waals surface area contributed by atoms with Crippen LogP contribution in [0.15, 0.2) is 10.6 Å². The second kappa shape index (κ2) is 5.62. The number of carbonyl (C=O) groups is 2. The van der Waals surface area contributed by atoms with Crippen LogP contribution in [0.1, 0.15) is 43.9 Å². The smallest absolute Gasteiger partial charge is 0.331 e. The highest BCUT2D eigenvalue weighted by atomic mass is 16.5. The molecule has 1 unspecified atom stereocenters. The van der Waals surface area contributed by atoms with Gasteiger partial charge in [0.05, 0.1) is 6.61 Å². The molecule has 1 rings (SSSR count). The standard InChI is InChI=1S/C13H20N2O5/c1-12(2,3)9-6-8(15-20-9)10(16)14-13(4,7-19-5)11(17)18/h6H,7H2,1-5H3,(H,14,16)(H,17,18). The average Bonchev–Trinajstić information content (AvgIpc) is 2.77. The second-order valence-electron chi connectivity index (χ2n) is 5.85. The Bertz CT molecular complexity index is 503. The summed E-state index contributed by atoms with van der Waals surface area (Å²) in [5.41, 5.74) is -1.76. The van der Waals surface area contributed by atoms with Gasteiger partial charge in [-0.1, -0.05) is 25.9 Å². The Morgan fingerprint density at radius 1 is 1.40 bits per heavy atom. The fourth-order valence-corrected chi connectivity index (χ4v) is 1.49. The molecule has 1 heterocycles. The Hall–Kier alpha value is -1.89. The third-order valence-corrected chi connectivity index (χ3v) is 2.78. The summed E-state index contributed by atoms with van der Waals surface area (Å²) < 4.78 is 9.92. The minimum atomic E-state index is -1.52. The predicted molar refractivity (Wildman–Crippen MR) is 70.6 cm³/mol. The molecule has 0 aliphatic carbocycles. The van der Waals surface area contributed by atoms with Crippen molar-refractivity contribution < 1.29 is 24.0 Å². The van der Waals surface area contributed by atoms with Crippen LogP contribution < -0.4 is 5.32 Å². The highest BCUT2D eigenvalue weighted by Crippen LogP contribution is 2.22. The van der Waals surface area contributed by atoms with E-state index in [9.17, 15) is 9.59 Å². The van der Waals surface area contributed by atoms with Gasteiger partial charge in [0.25, 0.3) is 5.91 Å². The normalized spacial score (nSPS) is 14.7. The molecule has 7 nitrogen and oxygen atoms in total. The molecule has 0 aliphatic heterocycles. The highest BCUT2D eigenvalue weighted by molar-refractivity contribution is 5.96. The molecule has 0 fully saturated rings. The molecule has 1 amide bonds. The molecular weight excluding hydrogens is 264 g/mol. The van der Waals surface area contributed by atoms with Gasteiger partial charge in [-0.25, -0.2) is 4.79 Å². The number of carboxylic acid groups (broad SMARTS) is 1. The monoisotopic (exact) mass is 284 g/mol. The van der Waals surface area contributed by atoms with Crippen LogP contribution in [0.2, 0.25) is 0 Å². The van der Waals surface area contributed by atoms with E-state index in [1.54, 1.807) is 0 Å². The van der Waals surface area contributed by atoms with Crippen molar-refractivity contribution in [2.75, 3.05) is 13.7 Å². The van der Waals surface area contributed by atoms with Gasteiger partial charge in [0, 0.05) is 18.6 Å². The summed E-state index contributed by atoms with van der Waals surface area (Å²) in [6, 6.07) is 1.50. The lowest BCUT2D eigenvalue weighted by atomic mass is 9.93. The van der Waals surface area contributed by atoms with Crippen molar-refractivity contribution in [3.8, 4) is 0 Å². The third-order valence-electron chi connectivity index (χ3n) is 2.78. The first-order valence-corrected chi connectivity index (χ1v) is 6.12. The van der Waals surface area contributed by atoms with Gasteiger partial charge in [-0.05, 0) is 6.92 Å². The average molecular weight is 284 g/mol. The number of hydrogen-bond donors (Lipinski definition) is 2. The van der Waals surface area contributed by atoms with E-state index in [2.05, 4.69) is 10.5 Å². The van der Waals surface area contributed by atoms with Crippen molar-refractivity contribution in [1.29, 1.82) is 0 Å². The van der Waals surface area contributed by atoms with Gasteiger partial charge in [-0.15, -0.1) is 0 Å². The van der Waals surface area contributed by atoms with Gasteiger partial charge < -0.3 is 19.7 Å². The zero-order chi connectivity index (χ0) is 15.6. The van der Waals surface area contributed by atoms with Crippen LogP contribution >= 0.6 is 0 Å².